The van der Waals surface area contributed by atoms with Crippen LogP contribution in [0, 0.1) is 0 Å². The minimum atomic E-state index is 0.492. The molecule has 0 fully saturated rings. The van der Waals surface area contributed by atoms with Crippen LogP contribution in [0.3, 0.4) is 0 Å². The molecular formula is C6H8N2Se2. The number of nitrogens with zero attached hydrogens (tertiary/aromatic N) is 2. The maximum absolute atomic E-state index is 4.25. The third kappa shape index (κ3) is 2.06. The molecule has 0 unspecified atom stereocenters. The summed E-state index contributed by atoms with van der Waals surface area (Å²) in [4.78, 5) is 8.50. The van der Waals surface area contributed by atoms with Gasteiger partial charge in [0.25, 0.3) is 0 Å². The molecule has 0 aliphatic heterocycles. The molecule has 0 saturated heterocycles. The zero-order chi connectivity index (χ0) is 7.40. The SMILES string of the molecule is C[Se]c1cnc([Se]C)cn1. The summed E-state index contributed by atoms with van der Waals surface area (Å²) in [6.45, 7) is 0. The Bertz CT molecular complexity index is 174. The van der Waals surface area contributed by atoms with Crippen LogP contribution in [0.15, 0.2) is 12.4 Å². The van der Waals surface area contributed by atoms with Crippen LogP contribution in [0.4, 0.5) is 0 Å². The van der Waals surface area contributed by atoms with Gasteiger partial charge in [-0.25, -0.2) is 0 Å². The Morgan fingerprint density at radius 3 is 1.60 bits per heavy atom. The number of hydrogen-bond acceptors (Lipinski definition) is 2. The average Bonchev–Trinajstić information content (AvgIpc) is 2.05. The van der Waals surface area contributed by atoms with E-state index in [4.69, 9.17) is 0 Å². The van der Waals surface area contributed by atoms with Gasteiger partial charge >= 0.3 is 73.1 Å². The van der Waals surface area contributed by atoms with Gasteiger partial charge in [-0.3, -0.25) is 0 Å². The maximum atomic E-state index is 4.25. The topological polar surface area (TPSA) is 25.8 Å². The molecule has 10 heavy (non-hydrogen) atoms. The van der Waals surface area contributed by atoms with Gasteiger partial charge in [-0.05, 0) is 0 Å². The van der Waals surface area contributed by atoms with Crippen molar-refractivity contribution in [1.82, 2.24) is 9.97 Å². The molecule has 54 valence electrons. The van der Waals surface area contributed by atoms with E-state index in [1.807, 2.05) is 12.4 Å². The van der Waals surface area contributed by atoms with Gasteiger partial charge in [0.1, 0.15) is 0 Å². The van der Waals surface area contributed by atoms with E-state index in [1.54, 1.807) is 0 Å². The third-order valence-electron chi connectivity index (χ3n) is 1.02. The predicted octanol–water partition coefficient (Wildman–Crippen LogP) is -0.768. The molecule has 0 aromatic carbocycles. The summed E-state index contributed by atoms with van der Waals surface area (Å²) in [5.74, 6) is 4.29. The molecule has 0 aliphatic carbocycles. The fourth-order valence-corrected chi connectivity index (χ4v) is 1.84. The van der Waals surface area contributed by atoms with Crippen molar-refractivity contribution in [2.24, 2.45) is 0 Å². The Morgan fingerprint density at radius 2 is 1.40 bits per heavy atom. The number of rotatable bonds is 2. The second-order valence-corrected chi connectivity index (χ2v) is 5.07. The Hall–Kier alpha value is 0.119. The average molecular weight is 266 g/mol. The van der Waals surface area contributed by atoms with E-state index in [2.05, 4.69) is 21.6 Å². The summed E-state index contributed by atoms with van der Waals surface area (Å²) >= 11 is 0.985. The molecule has 1 rings (SSSR count). The molecule has 0 bridgehead atoms. The molecular weight excluding hydrogens is 258 g/mol. The van der Waals surface area contributed by atoms with Crippen LogP contribution in [0.1, 0.15) is 0 Å². The summed E-state index contributed by atoms with van der Waals surface area (Å²) in [5, 5.41) is 0. The van der Waals surface area contributed by atoms with Crippen molar-refractivity contribution in [3.63, 3.8) is 0 Å². The Morgan fingerprint density at radius 1 is 1.00 bits per heavy atom. The Labute approximate surface area is 73.2 Å². The standard InChI is InChI=1S/C6H8N2Se2/c1-9-5-3-8-6(10-2)4-7-5/h3-4H,1-2H3. The minimum absolute atomic E-state index is 0.492. The molecule has 2 nitrogen and oxygen atoms in total. The number of aromatic nitrogens is 2. The molecule has 0 spiro atoms. The van der Waals surface area contributed by atoms with E-state index >= 15 is 0 Å². The number of hydrogen-bond donors (Lipinski definition) is 0. The van der Waals surface area contributed by atoms with Gasteiger partial charge in [-0.2, -0.15) is 0 Å². The van der Waals surface area contributed by atoms with Gasteiger partial charge in [0.2, 0.25) is 0 Å². The molecule has 0 amide bonds. The van der Waals surface area contributed by atoms with Crippen LogP contribution in [0.2, 0.25) is 11.6 Å². The van der Waals surface area contributed by atoms with Gasteiger partial charge in [0.05, 0.1) is 0 Å². The molecule has 0 N–H and O–H groups in total. The van der Waals surface area contributed by atoms with Crippen molar-refractivity contribution in [1.29, 1.82) is 0 Å². The van der Waals surface area contributed by atoms with Crippen molar-refractivity contribution in [2.45, 2.75) is 11.6 Å². The first-order valence-corrected chi connectivity index (χ1v) is 7.90. The van der Waals surface area contributed by atoms with Crippen molar-refractivity contribution < 1.29 is 0 Å². The van der Waals surface area contributed by atoms with Gasteiger partial charge in [-0.1, -0.05) is 0 Å². The van der Waals surface area contributed by atoms with Crippen LogP contribution in [0.25, 0.3) is 0 Å². The Kier molecular flexibility index (Phi) is 3.36. The van der Waals surface area contributed by atoms with E-state index in [0.29, 0.717) is 29.9 Å². The molecule has 1 heterocycles. The zero-order valence-corrected chi connectivity index (χ0v) is 9.29. The van der Waals surface area contributed by atoms with E-state index in [9.17, 15) is 0 Å². The first-order valence-electron chi connectivity index (χ1n) is 2.77. The van der Waals surface area contributed by atoms with E-state index in [-0.39, 0.29) is 0 Å². The monoisotopic (exact) mass is 268 g/mol. The van der Waals surface area contributed by atoms with Crippen LogP contribution in [0.5, 0.6) is 0 Å². The summed E-state index contributed by atoms with van der Waals surface area (Å²) in [7, 11) is 0. The van der Waals surface area contributed by atoms with E-state index in [0.717, 1.165) is 9.18 Å². The molecule has 0 atom stereocenters. The summed E-state index contributed by atoms with van der Waals surface area (Å²) in [6, 6.07) is 0. The zero-order valence-electron chi connectivity index (χ0n) is 5.87. The molecule has 0 saturated carbocycles. The van der Waals surface area contributed by atoms with Crippen molar-refractivity contribution in [2.75, 3.05) is 0 Å². The first kappa shape index (κ1) is 8.22. The van der Waals surface area contributed by atoms with Gasteiger partial charge in [0, 0.05) is 0 Å². The molecule has 1 aromatic rings. The predicted molar refractivity (Wildman–Crippen MR) is 44.5 cm³/mol. The molecule has 0 radical (unpaired) electrons. The third-order valence-corrected chi connectivity index (χ3v) is 3.66. The van der Waals surface area contributed by atoms with Crippen molar-refractivity contribution in [3.8, 4) is 0 Å². The van der Waals surface area contributed by atoms with E-state index in [1.165, 1.54) is 0 Å². The summed E-state index contributed by atoms with van der Waals surface area (Å²) in [6.07, 6.45) is 3.78. The quantitative estimate of drug-likeness (QED) is 0.657. The summed E-state index contributed by atoms with van der Waals surface area (Å²) in [5.41, 5.74) is 0. The van der Waals surface area contributed by atoms with Crippen LogP contribution < -0.4 is 9.18 Å². The first-order chi connectivity index (χ1) is 4.86. The van der Waals surface area contributed by atoms with Gasteiger partial charge in [-0.15, -0.1) is 0 Å². The van der Waals surface area contributed by atoms with Crippen LogP contribution in [-0.2, 0) is 0 Å². The van der Waals surface area contributed by atoms with Gasteiger partial charge in [0.15, 0.2) is 0 Å². The Balaban J connectivity index is 2.80. The summed E-state index contributed by atoms with van der Waals surface area (Å²) < 4.78 is 2.28. The van der Waals surface area contributed by atoms with Crippen LogP contribution >= 0.6 is 0 Å². The van der Waals surface area contributed by atoms with E-state index < -0.39 is 0 Å². The van der Waals surface area contributed by atoms with Crippen molar-refractivity contribution in [3.05, 3.63) is 12.4 Å². The second kappa shape index (κ2) is 4.09. The molecule has 0 aliphatic rings. The fraction of sp³-hybridized carbons (Fsp3) is 0.333. The van der Waals surface area contributed by atoms with Gasteiger partial charge < -0.3 is 0 Å². The molecule has 1 aromatic heterocycles. The second-order valence-electron chi connectivity index (χ2n) is 1.60. The van der Waals surface area contributed by atoms with Crippen LogP contribution in [-0.4, -0.2) is 39.9 Å². The normalized spacial score (nSPS) is 9.80. The molecule has 4 heteroatoms. The van der Waals surface area contributed by atoms with Crippen molar-refractivity contribution >= 4 is 39.1 Å². The fourth-order valence-electron chi connectivity index (χ4n) is 0.515.